The minimum absolute atomic E-state index is 0.0351. The molecule has 4 rings (SSSR count). The molecule has 1 saturated carbocycles. The maximum atomic E-state index is 13.3. The number of carbonyl (C=O) groups excluding carboxylic acids is 1. The molecule has 0 radical (unpaired) electrons. The lowest BCUT2D eigenvalue weighted by Gasteiger charge is -2.16. The highest BCUT2D eigenvalue weighted by Gasteiger charge is 2.27. The average Bonchev–Trinajstić information content (AvgIpc) is 3.52. The summed E-state index contributed by atoms with van der Waals surface area (Å²) in [7, 11) is 1.58. The molecule has 1 N–H and O–H groups in total. The van der Waals surface area contributed by atoms with Crippen molar-refractivity contribution in [3.05, 3.63) is 58.9 Å². The minimum atomic E-state index is -0.370. The van der Waals surface area contributed by atoms with Gasteiger partial charge in [0.25, 0.3) is 5.56 Å². The Morgan fingerprint density at radius 3 is 2.79 bits per heavy atom. The van der Waals surface area contributed by atoms with E-state index in [-0.39, 0.29) is 16.7 Å². The number of amides is 1. The van der Waals surface area contributed by atoms with Crippen LogP contribution >= 0.6 is 11.8 Å². The van der Waals surface area contributed by atoms with Gasteiger partial charge in [0.15, 0.2) is 5.16 Å². The van der Waals surface area contributed by atoms with E-state index >= 15 is 0 Å². The van der Waals surface area contributed by atoms with Crippen molar-refractivity contribution in [1.82, 2.24) is 14.9 Å². The van der Waals surface area contributed by atoms with Gasteiger partial charge < -0.3 is 10.1 Å². The Bertz CT molecular complexity index is 1090. The van der Waals surface area contributed by atoms with E-state index in [1.165, 1.54) is 11.8 Å². The molecule has 2 aromatic carbocycles. The van der Waals surface area contributed by atoms with Gasteiger partial charge in [-0.15, -0.1) is 0 Å². The van der Waals surface area contributed by atoms with Crippen LogP contribution in [0.3, 0.4) is 0 Å². The third-order valence-electron chi connectivity index (χ3n) is 4.63. The summed E-state index contributed by atoms with van der Waals surface area (Å²) in [6, 6.07) is 14.8. The van der Waals surface area contributed by atoms with Gasteiger partial charge in [-0.1, -0.05) is 30.0 Å². The zero-order valence-electron chi connectivity index (χ0n) is 15.7. The SMILES string of the molecule is COc1cccc(-n2c(S[C@H](C)C(=O)NC3CC3)nc3ccccc3c2=O)c1. The van der Waals surface area contributed by atoms with E-state index in [4.69, 9.17) is 9.72 Å². The van der Waals surface area contributed by atoms with Crippen molar-refractivity contribution in [2.45, 2.75) is 36.2 Å². The third-order valence-corrected chi connectivity index (χ3v) is 5.68. The summed E-state index contributed by atoms with van der Waals surface area (Å²) in [6.45, 7) is 1.83. The number of thioether (sulfide) groups is 1. The lowest BCUT2D eigenvalue weighted by molar-refractivity contribution is -0.120. The molecular formula is C21H21N3O3S. The Morgan fingerprint density at radius 1 is 1.25 bits per heavy atom. The predicted octanol–water partition coefficient (Wildman–Crippen LogP) is 3.15. The quantitative estimate of drug-likeness (QED) is 0.513. The zero-order valence-corrected chi connectivity index (χ0v) is 16.5. The third kappa shape index (κ3) is 3.75. The van der Waals surface area contributed by atoms with Crippen molar-refractivity contribution >= 4 is 28.6 Å². The average molecular weight is 395 g/mol. The summed E-state index contributed by atoms with van der Waals surface area (Å²) in [4.78, 5) is 30.4. The van der Waals surface area contributed by atoms with E-state index in [1.807, 2.05) is 43.3 Å². The molecule has 1 aliphatic carbocycles. The largest absolute Gasteiger partial charge is 0.497 e. The van der Waals surface area contributed by atoms with Crippen LogP contribution in [-0.2, 0) is 4.79 Å². The first kappa shape index (κ1) is 18.6. The van der Waals surface area contributed by atoms with Gasteiger partial charge in [0.1, 0.15) is 5.75 Å². The lowest BCUT2D eigenvalue weighted by atomic mass is 10.2. The molecule has 3 aromatic rings. The highest BCUT2D eigenvalue weighted by atomic mass is 32.2. The smallest absolute Gasteiger partial charge is 0.266 e. The molecule has 0 spiro atoms. The van der Waals surface area contributed by atoms with E-state index in [1.54, 1.807) is 23.8 Å². The van der Waals surface area contributed by atoms with Crippen LogP contribution in [-0.4, -0.2) is 33.9 Å². The number of nitrogens with one attached hydrogen (secondary N) is 1. The van der Waals surface area contributed by atoms with Crippen molar-refractivity contribution in [1.29, 1.82) is 0 Å². The number of hydrogen-bond acceptors (Lipinski definition) is 5. The van der Waals surface area contributed by atoms with Gasteiger partial charge in [-0.3, -0.25) is 14.2 Å². The monoisotopic (exact) mass is 395 g/mol. The standard InChI is InChI=1S/C21H21N3O3S/c1-13(19(25)22-14-10-11-14)28-21-23-18-9-4-3-8-17(18)20(26)24(21)15-6-5-7-16(12-15)27-2/h3-9,12-14H,10-11H2,1-2H3,(H,22,25)/t13-/m1/s1. The molecule has 1 aromatic heterocycles. The number of fused-ring (bicyclic) bond motifs is 1. The Morgan fingerprint density at radius 2 is 2.04 bits per heavy atom. The summed E-state index contributed by atoms with van der Waals surface area (Å²) in [5, 5.41) is 3.65. The molecule has 28 heavy (non-hydrogen) atoms. The van der Waals surface area contributed by atoms with Crippen molar-refractivity contribution in [3.8, 4) is 11.4 Å². The fourth-order valence-corrected chi connectivity index (χ4v) is 3.86. The Labute approximate surface area is 166 Å². The first-order valence-corrected chi connectivity index (χ1v) is 10.1. The predicted molar refractivity (Wildman–Crippen MR) is 110 cm³/mol. The second-order valence-electron chi connectivity index (χ2n) is 6.80. The summed E-state index contributed by atoms with van der Waals surface area (Å²) in [5.41, 5.74) is 1.10. The van der Waals surface area contributed by atoms with E-state index in [0.29, 0.717) is 33.5 Å². The van der Waals surface area contributed by atoms with Crippen LogP contribution < -0.4 is 15.6 Å². The number of carbonyl (C=O) groups is 1. The van der Waals surface area contributed by atoms with E-state index in [9.17, 15) is 9.59 Å². The van der Waals surface area contributed by atoms with Crippen molar-refractivity contribution < 1.29 is 9.53 Å². The zero-order chi connectivity index (χ0) is 19.7. The number of benzene rings is 2. The van der Waals surface area contributed by atoms with Gasteiger partial charge >= 0.3 is 0 Å². The molecule has 0 unspecified atom stereocenters. The van der Waals surface area contributed by atoms with Crippen molar-refractivity contribution in [3.63, 3.8) is 0 Å². The summed E-state index contributed by atoms with van der Waals surface area (Å²) < 4.78 is 6.86. The molecule has 6 nitrogen and oxygen atoms in total. The molecule has 1 fully saturated rings. The molecule has 0 saturated heterocycles. The number of aromatic nitrogens is 2. The van der Waals surface area contributed by atoms with E-state index < -0.39 is 0 Å². The Hall–Kier alpha value is -2.80. The van der Waals surface area contributed by atoms with Crippen LogP contribution in [0.5, 0.6) is 5.75 Å². The Balaban J connectivity index is 1.80. The van der Waals surface area contributed by atoms with Gasteiger partial charge in [-0.25, -0.2) is 4.98 Å². The van der Waals surface area contributed by atoms with Crippen LogP contribution in [0.4, 0.5) is 0 Å². The molecule has 0 aliphatic heterocycles. The first-order chi connectivity index (χ1) is 13.6. The highest BCUT2D eigenvalue weighted by molar-refractivity contribution is 8.00. The normalized spacial score (nSPS) is 14.6. The number of methoxy groups -OCH3 is 1. The number of ether oxygens (including phenoxy) is 1. The van der Waals surface area contributed by atoms with Gasteiger partial charge in [-0.05, 0) is 44.0 Å². The number of nitrogens with zero attached hydrogens (tertiary/aromatic N) is 2. The van der Waals surface area contributed by atoms with Crippen LogP contribution in [0, 0.1) is 0 Å². The number of rotatable bonds is 6. The van der Waals surface area contributed by atoms with Gasteiger partial charge in [0.05, 0.1) is 29.0 Å². The molecule has 1 atom stereocenters. The maximum Gasteiger partial charge on any atom is 0.266 e. The molecule has 7 heteroatoms. The molecule has 1 heterocycles. The molecule has 1 aliphatic rings. The number of hydrogen-bond donors (Lipinski definition) is 1. The van der Waals surface area contributed by atoms with Crippen LogP contribution in [0.1, 0.15) is 19.8 Å². The van der Waals surface area contributed by atoms with E-state index in [2.05, 4.69) is 5.32 Å². The summed E-state index contributed by atoms with van der Waals surface area (Å²) in [6.07, 6.45) is 2.07. The summed E-state index contributed by atoms with van der Waals surface area (Å²) >= 11 is 1.28. The topological polar surface area (TPSA) is 73.2 Å². The maximum absolute atomic E-state index is 13.3. The molecule has 144 valence electrons. The van der Waals surface area contributed by atoms with Crippen LogP contribution in [0.2, 0.25) is 0 Å². The van der Waals surface area contributed by atoms with Gasteiger partial charge in [0.2, 0.25) is 5.91 Å². The number of para-hydroxylation sites is 1. The summed E-state index contributed by atoms with van der Waals surface area (Å²) in [5.74, 6) is 0.611. The highest BCUT2D eigenvalue weighted by Crippen LogP contribution is 2.27. The second-order valence-corrected chi connectivity index (χ2v) is 8.10. The minimum Gasteiger partial charge on any atom is -0.497 e. The molecular weight excluding hydrogens is 374 g/mol. The fourth-order valence-electron chi connectivity index (χ4n) is 2.93. The Kier molecular flexibility index (Phi) is 5.09. The molecule has 0 bridgehead atoms. The van der Waals surface area contributed by atoms with Gasteiger partial charge in [-0.2, -0.15) is 0 Å². The lowest BCUT2D eigenvalue weighted by Crippen LogP contribution is -2.33. The fraction of sp³-hybridized carbons (Fsp3) is 0.286. The van der Waals surface area contributed by atoms with E-state index in [0.717, 1.165) is 12.8 Å². The first-order valence-electron chi connectivity index (χ1n) is 9.20. The van der Waals surface area contributed by atoms with Crippen LogP contribution in [0.15, 0.2) is 58.5 Å². The van der Waals surface area contributed by atoms with Crippen LogP contribution in [0.25, 0.3) is 16.6 Å². The van der Waals surface area contributed by atoms with Gasteiger partial charge in [0, 0.05) is 12.1 Å². The van der Waals surface area contributed by atoms with Crippen molar-refractivity contribution in [2.24, 2.45) is 0 Å². The van der Waals surface area contributed by atoms with Crippen molar-refractivity contribution in [2.75, 3.05) is 7.11 Å². The second kappa shape index (κ2) is 7.67. The molecule has 1 amide bonds.